The molecular formula is C7H13ClO. The first-order valence-electron chi connectivity index (χ1n) is 3.01. The third-order valence-corrected chi connectivity index (χ3v) is 1.28. The minimum atomic E-state index is 0.607. The second-order valence-electron chi connectivity index (χ2n) is 1.95. The van der Waals surface area contributed by atoms with Crippen LogP contribution in [0.2, 0.25) is 0 Å². The quantitative estimate of drug-likeness (QED) is 0.439. The van der Waals surface area contributed by atoms with Crippen LogP contribution in [-0.2, 0) is 4.74 Å². The summed E-state index contributed by atoms with van der Waals surface area (Å²) in [4.78, 5) is 0. The molecule has 9 heavy (non-hydrogen) atoms. The molecule has 0 saturated heterocycles. The second-order valence-corrected chi connectivity index (χ2v) is 2.26. The number of methoxy groups -OCH3 is 1. The van der Waals surface area contributed by atoms with Gasteiger partial charge in [0.15, 0.2) is 0 Å². The van der Waals surface area contributed by atoms with E-state index in [4.69, 9.17) is 16.3 Å². The van der Waals surface area contributed by atoms with Gasteiger partial charge in [-0.2, -0.15) is 0 Å². The first kappa shape index (κ1) is 8.99. The Morgan fingerprint density at radius 1 is 1.67 bits per heavy atom. The average Bonchev–Trinajstić information content (AvgIpc) is 1.85. The molecule has 0 atom stereocenters. The summed E-state index contributed by atoms with van der Waals surface area (Å²) in [5.74, 6) is 0.607. The number of allylic oxidation sites excluding steroid dienone is 1. The molecule has 0 aromatic carbocycles. The number of ether oxygens (including phenoxy) is 1. The summed E-state index contributed by atoms with van der Waals surface area (Å²) < 4.78 is 4.87. The maximum atomic E-state index is 5.46. The van der Waals surface area contributed by atoms with Crippen molar-refractivity contribution in [2.75, 3.05) is 19.6 Å². The lowest BCUT2D eigenvalue weighted by molar-refractivity contribution is 0.202. The SMILES string of the molecule is COCC/C(C)=C\CCl. The van der Waals surface area contributed by atoms with Crippen LogP contribution in [0, 0.1) is 0 Å². The molecular weight excluding hydrogens is 136 g/mol. The van der Waals surface area contributed by atoms with Crippen molar-refractivity contribution in [2.24, 2.45) is 0 Å². The van der Waals surface area contributed by atoms with Crippen molar-refractivity contribution < 1.29 is 4.74 Å². The molecule has 54 valence electrons. The zero-order valence-corrected chi connectivity index (χ0v) is 6.74. The first-order chi connectivity index (χ1) is 4.31. The van der Waals surface area contributed by atoms with Crippen LogP contribution in [0.4, 0.5) is 0 Å². The second kappa shape index (κ2) is 6.12. The Labute approximate surface area is 61.7 Å². The lowest BCUT2D eigenvalue weighted by atomic mass is 10.2. The molecule has 2 heteroatoms. The zero-order chi connectivity index (χ0) is 7.11. The molecule has 0 aliphatic carbocycles. The lowest BCUT2D eigenvalue weighted by Crippen LogP contribution is -1.88. The van der Waals surface area contributed by atoms with E-state index >= 15 is 0 Å². The van der Waals surface area contributed by atoms with Gasteiger partial charge in [-0.25, -0.2) is 0 Å². The summed E-state index contributed by atoms with van der Waals surface area (Å²) in [6, 6.07) is 0. The number of hydrogen-bond donors (Lipinski definition) is 0. The molecule has 0 amide bonds. The van der Waals surface area contributed by atoms with Gasteiger partial charge in [-0.1, -0.05) is 11.6 Å². The zero-order valence-electron chi connectivity index (χ0n) is 5.98. The number of hydrogen-bond acceptors (Lipinski definition) is 1. The summed E-state index contributed by atoms with van der Waals surface area (Å²) in [6.07, 6.45) is 2.99. The van der Waals surface area contributed by atoms with Crippen molar-refractivity contribution in [2.45, 2.75) is 13.3 Å². The molecule has 0 fully saturated rings. The van der Waals surface area contributed by atoms with E-state index in [1.165, 1.54) is 5.57 Å². The van der Waals surface area contributed by atoms with Gasteiger partial charge in [0.25, 0.3) is 0 Å². The van der Waals surface area contributed by atoms with Gasteiger partial charge in [-0.15, -0.1) is 11.6 Å². The third-order valence-electron chi connectivity index (χ3n) is 1.13. The van der Waals surface area contributed by atoms with Gasteiger partial charge in [-0.05, 0) is 13.3 Å². The predicted octanol–water partition coefficient (Wildman–Crippen LogP) is 2.21. The number of rotatable bonds is 4. The van der Waals surface area contributed by atoms with Crippen molar-refractivity contribution >= 4 is 11.6 Å². The van der Waals surface area contributed by atoms with Gasteiger partial charge in [-0.3, -0.25) is 0 Å². The van der Waals surface area contributed by atoms with Crippen molar-refractivity contribution in [3.05, 3.63) is 11.6 Å². The highest BCUT2D eigenvalue weighted by Gasteiger charge is 1.86. The van der Waals surface area contributed by atoms with Crippen molar-refractivity contribution in [1.29, 1.82) is 0 Å². The van der Waals surface area contributed by atoms with Gasteiger partial charge in [0, 0.05) is 19.6 Å². The van der Waals surface area contributed by atoms with Gasteiger partial charge in [0.1, 0.15) is 0 Å². The Morgan fingerprint density at radius 3 is 2.78 bits per heavy atom. The Bertz CT molecular complexity index is 88.9. The van der Waals surface area contributed by atoms with Crippen molar-refractivity contribution in [3.8, 4) is 0 Å². The van der Waals surface area contributed by atoms with E-state index in [-0.39, 0.29) is 0 Å². The Kier molecular flexibility index (Phi) is 6.11. The van der Waals surface area contributed by atoms with E-state index in [1.54, 1.807) is 7.11 Å². The average molecular weight is 149 g/mol. The summed E-state index contributed by atoms with van der Waals surface area (Å²) in [6.45, 7) is 2.85. The van der Waals surface area contributed by atoms with Gasteiger partial charge < -0.3 is 4.74 Å². The largest absolute Gasteiger partial charge is 0.384 e. The van der Waals surface area contributed by atoms with Crippen LogP contribution in [0.15, 0.2) is 11.6 Å². The summed E-state index contributed by atoms with van der Waals surface area (Å²) in [5.41, 5.74) is 1.30. The molecule has 0 saturated carbocycles. The van der Waals surface area contributed by atoms with Crippen molar-refractivity contribution in [1.82, 2.24) is 0 Å². The highest BCUT2D eigenvalue weighted by molar-refractivity contribution is 6.18. The van der Waals surface area contributed by atoms with E-state index in [9.17, 15) is 0 Å². The number of halogens is 1. The smallest absolute Gasteiger partial charge is 0.0499 e. The van der Waals surface area contributed by atoms with Crippen LogP contribution in [-0.4, -0.2) is 19.6 Å². The molecule has 0 N–H and O–H groups in total. The van der Waals surface area contributed by atoms with Crippen LogP contribution in [0.25, 0.3) is 0 Å². The van der Waals surface area contributed by atoms with Gasteiger partial charge in [0.05, 0.1) is 0 Å². The van der Waals surface area contributed by atoms with Crippen LogP contribution in [0.5, 0.6) is 0 Å². The standard InChI is InChI=1S/C7H13ClO/c1-7(3-5-8)4-6-9-2/h3H,4-6H2,1-2H3/b7-3-. The molecule has 0 bridgehead atoms. The monoisotopic (exact) mass is 148 g/mol. The van der Waals surface area contributed by atoms with E-state index in [0.717, 1.165) is 13.0 Å². The topological polar surface area (TPSA) is 9.23 Å². The minimum absolute atomic E-state index is 0.607. The van der Waals surface area contributed by atoms with Crippen LogP contribution >= 0.6 is 11.6 Å². The van der Waals surface area contributed by atoms with E-state index in [0.29, 0.717) is 5.88 Å². The summed E-state index contributed by atoms with van der Waals surface area (Å²) in [5, 5.41) is 0. The molecule has 0 heterocycles. The molecule has 0 aliphatic rings. The highest BCUT2D eigenvalue weighted by atomic mass is 35.5. The van der Waals surface area contributed by atoms with Gasteiger partial charge in [0.2, 0.25) is 0 Å². The predicted molar refractivity (Wildman–Crippen MR) is 41.0 cm³/mol. The van der Waals surface area contributed by atoms with Crippen LogP contribution in [0.1, 0.15) is 13.3 Å². The van der Waals surface area contributed by atoms with Gasteiger partial charge >= 0.3 is 0 Å². The lowest BCUT2D eigenvalue weighted by Gasteiger charge is -1.97. The summed E-state index contributed by atoms with van der Waals surface area (Å²) in [7, 11) is 1.70. The third kappa shape index (κ3) is 5.87. The maximum Gasteiger partial charge on any atom is 0.0499 e. The molecule has 1 nitrogen and oxygen atoms in total. The molecule has 0 aliphatic heterocycles. The van der Waals surface area contributed by atoms with E-state index in [1.807, 2.05) is 6.08 Å². The molecule has 0 aromatic heterocycles. The Hall–Kier alpha value is -0.0100. The molecule has 0 unspecified atom stereocenters. The highest BCUT2D eigenvalue weighted by Crippen LogP contribution is 1.99. The number of alkyl halides is 1. The normalized spacial score (nSPS) is 12.1. The Morgan fingerprint density at radius 2 is 2.33 bits per heavy atom. The van der Waals surface area contributed by atoms with Crippen LogP contribution in [0.3, 0.4) is 0 Å². The van der Waals surface area contributed by atoms with E-state index < -0.39 is 0 Å². The first-order valence-corrected chi connectivity index (χ1v) is 3.55. The maximum absolute atomic E-state index is 5.46. The van der Waals surface area contributed by atoms with Crippen molar-refractivity contribution in [3.63, 3.8) is 0 Å². The summed E-state index contributed by atoms with van der Waals surface area (Å²) >= 11 is 5.46. The Balaban J connectivity index is 3.25. The fraction of sp³-hybridized carbons (Fsp3) is 0.714. The van der Waals surface area contributed by atoms with Crippen LogP contribution < -0.4 is 0 Å². The molecule has 0 aromatic rings. The van der Waals surface area contributed by atoms with E-state index in [2.05, 4.69) is 6.92 Å². The minimum Gasteiger partial charge on any atom is -0.384 e. The molecule has 0 rings (SSSR count). The fourth-order valence-corrected chi connectivity index (χ4v) is 0.760. The fourth-order valence-electron chi connectivity index (χ4n) is 0.497. The molecule has 0 radical (unpaired) electrons. The molecule has 0 spiro atoms.